The van der Waals surface area contributed by atoms with E-state index in [0.717, 1.165) is 17.7 Å². The molecule has 0 aromatic heterocycles. The zero-order valence-corrected chi connectivity index (χ0v) is 10.3. The van der Waals surface area contributed by atoms with Gasteiger partial charge in [0.05, 0.1) is 6.61 Å². The molecule has 0 saturated carbocycles. The Labute approximate surface area is 96.5 Å². The van der Waals surface area contributed by atoms with E-state index in [4.69, 9.17) is 11.6 Å². The third-order valence-corrected chi connectivity index (χ3v) is 3.24. The van der Waals surface area contributed by atoms with Crippen molar-refractivity contribution in [2.24, 2.45) is 0 Å². The first-order valence-electron chi connectivity index (χ1n) is 5.22. The first-order valence-corrected chi connectivity index (χ1v) is 5.60. The minimum absolute atomic E-state index is 0.0181. The summed E-state index contributed by atoms with van der Waals surface area (Å²) in [6.45, 7) is 4.28. The van der Waals surface area contributed by atoms with Crippen molar-refractivity contribution in [1.29, 1.82) is 0 Å². The second kappa shape index (κ2) is 5.38. The van der Waals surface area contributed by atoms with Crippen molar-refractivity contribution in [3.63, 3.8) is 0 Å². The smallest absolute Gasteiger partial charge is 0.0716 e. The van der Waals surface area contributed by atoms with Gasteiger partial charge in [-0.15, -0.1) is 0 Å². The molecule has 0 radical (unpaired) electrons. The van der Waals surface area contributed by atoms with Crippen LogP contribution in [0.2, 0.25) is 5.02 Å². The quantitative estimate of drug-likeness (QED) is 0.855. The maximum absolute atomic E-state index is 9.29. The summed E-state index contributed by atoms with van der Waals surface area (Å²) in [5.74, 6) is 0. The summed E-state index contributed by atoms with van der Waals surface area (Å²) in [5.41, 5.74) is 1.82. The minimum Gasteiger partial charge on any atom is -0.392 e. The van der Waals surface area contributed by atoms with Gasteiger partial charge in [0, 0.05) is 29.4 Å². The molecule has 0 bridgehead atoms. The van der Waals surface area contributed by atoms with E-state index in [9.17, 15) is 5.11 Å². The SMILES string of the molecule is CCC(C)N(C)c1cccc(Cl)c1CO. The number of hydrogen-bond acceptors (Lipinski definition) is 2. The molecule has 0 aliphatic rings. The van der Waals surface area contributed by atoms with Crippen molar-refractivity contribution in [1.82, 2.24) is 0 Å². The van der Waals surface area contributed by atoms with Crippen molar-refractivity contribution in [2.75, 3.05) is 11.9 Å². The van der Waals surface area contributed by atoms with Crippen molar-refractivity contribution in [3.8, 4) is 0 Å². The first-order chi connectivity index (χ1) is 7.11. The van der Waals surface area contributed by atoms with Crippen molar-refractivity contribution in [3.05, 3.63) is 28.8 Å². The number of nitrogens with zero attached hydrogens (tertiary/aromatic N) is 1. The summed E-state index contributed by atoms with van der Waals surface area (Å²) in [5, 5.41) is 9.92. The highest BCUT2D eigenvalue weighted by molar-refractivity contribution is 6.31. The van der Waals surface area contributed by atoms with Crippen LogP contribution in [0.5, 0.6) is 0 Å². The van der Waals surface area contributed by atoms with Crippen LogP contribution in [0.15, 0.2) is 18.2 Å². The van der Waals surface area contributed by atoms with Crippen LogP contribution in [0.25, 0.3) is 0 Å². The third-order valence-electron chi connectivity index (χ3n) is 2.88. The molecular formula is C12H18ClNO. The van der Waals surface area contributed by atoms with Crippen molar-refractivity contribution >= 4 is 17.3 Å². The molecule has 3 heteroatoms. The Balaban J connectivity index is 3.07. The van der Waals surface area contributed by atoms with Crippen molar-refractivity contribution < 1.29 is 5.11 Å². The normalized spacial score (nSPS) is 12.6. The first kappa shape index (κ1) is 12.3. The fourth-order valence-electron chi connectivity index (χ4n) is 1.55. The molecule has 0 fully saturated rings. The van der Waals surface area contributed by atoms with Gasteiger partial charge in [0.2, 0.25) is 0 Å². The number of halogens is 1. The maximum Gasteiger partial charge on any atom is 0.0716 e. The van der Waals surface area contributed by atoms with Gasteiger partial charge in [-0.1, -0.05) is 24.6 Å². The Kier molecular flexibility index (Phi) is 4.43. The maximum atomic E-state index is 9.29. The molecule has 1 aromatic rings. The molecule has 0 heterocycles. The average molecular weight is 228 g/mol. The number of aliphatic hydroxyl groups excluding tert-OH is 1. The molecule has 2 nitrogen and oxygen atoms in total. The number of rotatable bonds is 4. The van der Waals surface area contributed by atoms with Crippen LogP contribution in [-0.4, -0.2) is 18.2 Å². The number of anilines is 1. The summed E-state index contributed by atoms with van der Waals surface area (Å²) in [4.78, 5) is 2.15. The van der Waals surface area contributed by atoms with E-state index in [1.54, 1.807) is 6.07 Å². The van der Waals surface area contributed by atoms with E-state index < -0.39 is 0 Å². The zero-order valence-electron chi connectivity index (χ0n) is 9.50. The molecular weight excluding hydrogens is 210 g/mol. The molecule has 1 unspecified atom stereocenters. The van der Waals surface area contributed by atoms with Crippen molar-refractivity contribution in [2.45, 2.75) is 32.9 Å². The Morgan fingerprint density at radius 3 is 2.67 bits per heavy atom. The largest absolute Gasteiger partial charge is 0.392 e. The van der Waals surface area contributed by atoms with Gasteiger partial charge in [-0.25, -0.2) is 0 Å². The molecule has 0 amide bonds. The van der Waals surface area contributed by atoms with Crippen LogP contribution in [0.1, 0.15) is 25.8 Å². The molecule has 15 heavy (non-hydrogen) atoms. The van der Waals surface area contributed by atoms with Gasteiger partial charge in [0.25, 0.3) is 0 Å². The lowest BCUT2D eigenvalue weighted by Gasteiger charge is -2.28. The van der Waals surface area contributed by atoms with Gasteiger partial charge in [-0.3, -0.25) is 0 Å². The summed E-state index contributed by atoms with van der Waals surface area (Å²) >= 11 is 6.03. The molecule has 1 N–H and O–H groups in total. The van der Waals surface area contributed by atoms with Crippen LogP contribution >= 0.6 is 11.6 Å². The fraction of sp³-hybridized carbons (Fsp3) is 0.500. The summed E-state index contributed by atoms with van der Waals surface area (Å²) in [6.07, 6.45) is 1.06. The second-order valence-electron chi connectivity index (χ2n) is 3.76. The number of benzene rings is 1. The summed E-state index contributed by atoms with van der Waals surface area (Å²) in [6, 6.07) is 6.15. The van der Waals surface area contributed by atoms with Crippen LogP contribution in [-0.2, 0) is 6.61 Å². The van der Waals surface area contributed by atoms with E-state index in [1.165, 1.54) is 0 Å². The molecule has 84 valence electrons. The average Bonchev–Trinajstić information content (AvgIpc) is 2.26. The molecule has 0 aliphatic heterocycles. The Hall–Kier alpha value is -0.730. The highest BCUT2D eigenvalue weighted by Crippen LogP contribution is 2.28. The van der Waals surface area contributed by atoms with Crippen LogP contribution in [0.4, 0.5) is 5.69 Å². The molecule has 1 atom stereocenters. The monoisotopic (exact) mass is 227 g/mol. The van der Waals surface area contributed by atoms with Crippen LogP contribution in [0, 0.1) is 0 Å². The lowest BCUT2D eigenvalue weighted by atomic mass is 10.1. The van der Waals surface area contributed by atoms with Gasteiger partial charge in [-0.05, 0) is 25.5 Å². The predicted molar refractivity (Wildman–Crippen MR) is 65.5 cm³/mol. The Bertz CT molecular complexity index is 327. The van der Waals surface area contributed by atoms with E-state index >= 15 is 0 Å². The van der Waals surface area contributed by atoms with Crippen LogP contribution < -0.4 is 4.90 Å². The molecule has 1 aromatic carbocycles. The topological polar surface area (TPSA) is 23.5 Å². The van der Waals surface area contributed by atoms with Gasteiger partial charge < -0.3 is 10.0 Å². The number of hydrogen-bond donors (Lipinski definition) is 1. The highest BCUT2D eigenvalue weighted by Gasteiger charge is 2.13. The lowest BCUT2D eigenvalue weighted by molar-refractivity contribution is 0.282. The Morgan fingerprint density at radius 1 is 1.47 bits per heavy atom. The second-order valence-corrected chi connectivity index (χ2v) is 4.17. The highest BCUT2D eigenvalue weighted by atomic mass is 35.5. The third kappa shape index (κ3) is 2.64. The Morgan fingerprint density at radius 2 is 2.13 bits per heavy atom. The molecule has 0 saturated heterocycles. The van der Waals surface area contributed by atoms with Gasteiger partial charge in [0.1, 0.15) is 0 Å². The van der Waals surface area contributed by atoms with E-state index in [0.29, 0.717) is 11.1 Å². The minimum atomic E-state index is -0.0181. The zero-order chi connectivity index (χ0) is 11.4. The van der Waals surface area contributed by atoms with E-state index in [1.807, 2.05) is 19.2 Å². The predicted octanol–water partition coefficient (Wildman–Crippen LogP) is 3.07. The van der Waals surface area contributed by atoms with E-state index in [-0.39, 0.29) is 6.61 Å². The van der Waals surface area contributed by atoms with E-state index in [2.05, 4.69) is 18.7 Å². The fourth-order valence-corrected chi connectivity index (χ4v) is 1.77. The summed E-state index contributed by atoms with van der Waals surface area (Å²) < 4.78 is 0. The van der Waals surface area contributed by atoms with Gasteiger partial charge in [-0.2, -0.15) is 0 Å². The standard InChI is InChI=1S/C12H18ClNO/c1-4-9(2)14(3)12-7-5-6-11(13)10(12)8-15/h5-7,9,15H,4,8H2,1-3H3. The lowest BCUT2D eigenvalue weighted by Crippen LogP contribution is -2.28. The van der Waals surface area contributed by atoms with Gasteiger partial charge >= 0.3 is 0 Å². The molecule has 0 aliphatic carbocycles. The number of aliphatic hydroxyl groups is 1. The van der Waals surface area contributed by atoms with Gasteiger partial charge in [0.15, 0.2) is 0 Å². The van der Waals surface area contributed by atoms with Crippen LogP contribution in [0.3, 0.4) is 0 Å². The summed E-state index contributed by atoms with van der Waals surface area (Å²) in [7, 11) is 2.03. The molecule has 0 spiro atoms. The molecule has 1 rings (SSSR count).